The number of carbonyl (C=O) groups is 1. The van der Waals surface area contributed by atoms with Crippen LogP contribution in [0.5, 0.6) is 0 Å². The SMILES string of the molecule is CC1C(c2ccccc2)CCN1C(=O)c1ccc(Cl)nc1Cl. The first kappa shape index (κ1) is 15.3. The highest BCUT2D eigenvalue weighted by Crippen LogP contribution is 2.34. The molecule has 2 unspecified atom stereocenters. The Kier molecular flexibility index (Phi) is 4.37. The van der Waals surface area contributed by atoms with E-state index in [9.17, 15) is 4.79 Å². The van der Waals surface area contributed by atoms with E-state index >= 15 is 0 Å². The van der Waals surface area contributed by atoms with Crippen LogP contribution in [-0.4, -0.2) is 28.4 Å². The fourth-order valence-electron chi connectivity index (χ4n) is 3.10. The standard InChI is InChI=1S/C17H16Cl2N2O/c1-11-13(12-5-3-2-4-6-12)9-10-21(11)17(22)14-7-8-15(18)20-16(14)19/h2-8,11,13H,9-10H2,1H3. The van der Waals surface area contributed by atoms with E-state index in [4.69, 9.17) is 23.2 Å². The molecule has 22 heavy (non-hydrogen) atoms. The van der Waals surface area contributed by atoms with Gasteiger partial charge in [0, 0.05) is 18.5 Å². The van der Waals surface area contributed by atoms with Crippen molar-refractivity contribution in [2.75, 3.05) is 6.54 Å². The quantitative estimate of drug-likeness (QED) is 0.762. The van der Waals surface area contributed by atoms with Crippen molar-refractivity contribution in [3.63, 3.8) is 0 Å². The van der Waals surface area contributed by atoms with Crippen molar-refractivity contribution in [2.45, 2.75) is 25.3 Å². The molecule has 0 aliphatic carbocycles. The highest BCUT2D eigenvalue weighted by Gasteiger charge is 2.35. The van der Waals surface area contributed by atoms with Crippen LogP contribution in [0.2, 0.25) is 10.3 Å². The predicted octanol–water partition coefficient (Wildman–Crippen LogP) is 4.41. The van der Waals surface area contributed by atoms with Crippen molar-refractivity contribution in [3.8, 4) is 0 Å². The van der Waals surface area contributed by atoms with Gasteiger partial charge in [-0.2, -0.15) is 0 Å². The van der Waals surface area contributed by atoms with Crippen LogP contribution in [0.15, 0.2) is 42.5 Å². The van der Waals surface area contributed by atoms with Crippen LogP contribution in [0.25, 0.3) is 0 Å². The second-order valence-corrected chi connectivity index (χ2v) is 6.26. The minimum absolute atomic E-state index is 0.0832. The molecule has 1 amide bonds. The normalized spacial score (nSPS) is 21.1. The van der Waals surface area contributed by atoms with E-state index in [0.717, 1.165) is 13.0 Å². The molecule has 5 heteroatoms. The van der Waals surface area contributed by atoms with E-state index in [0.29, 0.717) is 11.5 Å². The lowest BCUT2D eigenvalue weighted by molar-refractivity contribution is 0.0742. The molecule has 0 radical (unpaired) electrons. The van der Waals surface area contributed by atoms with Crippen molar-refractivity contribution in [3.05, 3.63) is 63.9 Å². The van der Waals surface area contributed by atoms with Crippen LogP contribution >= 0.6 is 23.2 Å². The molecule has 0 N–H and O–H groups in total. The maximum atomic E-state index is 12.7. The number of hydrogen-bond acceptors (Lipinski definition) is 2. The van der Waals surface area contributed by atoms with E-state index in [-0.39, 0.29) is 22.3 Å². The van der Waals surface area contributed by atoms with Crippen molar-refractivity contribution < 1.29 is 4.79 Å². The van der Waals surface area contributed by atoms with Gasteiger partial charge in [0.05, 0.1) is 5.56 Å². The Morgan fingerprint density at radius 3 is 2.59 bits per heavy atom. The molecule has 1 saturated heterocycles. The molecule has 1 aliphatic rings. The third kappa shape index (κ3) is 2.83. The van der Waals surface area contributed by atoms with Crippen LogP contribution in [0.3, 0.4) is 0 Å². The molecule has 2 atom stereocenters. The zero-order chi connectivity index (χ0) is 15.7. The number of nitrogens with zero attached hydrogens (tertiary/aromatic N) is 2. The molecular weight excluding hydrogens is 319 g/mol. The maximum absolute atomic E-state index is 12.7. The van der Waals surface area contributed by atoms with Crippen LogP contribution in [0, 0.1) is 0 Å². The second-order valence-electron chi connectivity index (χ2n) is 5.52. The van der Waals surface area contributed by atoms with Crippen molar-refractivity contribution in [1.29, 1.82) is 0 Å². The van der Waals surface area contributed by atoms with Gasteiger partial charge in [-0.05, 0) is 31.0 Å². The topological polar surface area (TPSA) is 33.2 Å². The number of hydrogen-bond donors (Lipinski definition) is 0. The van der Waals surface area contributed by atoms with Gasteiger partial charge in [-0.3, -0.25) is 4.79 Å². The smallest absolute Gasteiger partial charge is 0.257 e. The summed E-state index contributed by atoms with van der Waals surface area (Å²) in [6.07, 6.45) is 0.954. The number of amides is 1. The molecule has 3 rings (SSSR count). The maximum Gasteiger partial charge on any atom is 0.257 e. The lowest BCUT2D eigenvalue weighted by Crippen LogP contribution is -2.35. The Bertz CT molecular complexity index is 690. The van der Waals surface area contributed by atoms with Gasteiger partial charge in [-0.1, -0.05) is 53.5 Å². The number of pyridine rings is 1. The molecule has 1 aromatic carbocycles. The Labute approximate surface area is 139 Å². The van der Waals surface area contributed by atoms with Crippen molar-refractivity contribution in [1.82, 2.24) is 9.88 Å². The molecule has 1 fully saturated rings. The third-order valence-electron chi connectivity index (χ3n) is 4.29. The third-order valence-corrected chi connectivity index (χ3v) is 4.79. The average Bonchev–Trinajstić information content (AvgIpc) is 2.89. The number of carbonyl (C=O) groups excluding carboxylic acids is 1. The summed E-state index contributed by atoms with van der Waals surface area (Å²) in [5.74, 6) is 0.268. The van der Waals surface area contributed by atoms with E-state index in [1.54, 1.807) is 12.1 Å². The summed E-state index contributed by atoms with van der Waals surface area (Å²) in [6, 6.07) is 13.7. The first-order valence-electron chi connectivity index (χ1n) is 7.26. The zero-order valence-electron chi connectivity index (χ0n) is 12.2. The van der Waals surface area contributed by atoms with Crippen molar-refractivity contribution >= 4 is 29.1 Å². The Morgan fingerprint density at radius 2 is 1.91 bits per heavy atom. The largest absolute Gasteiger partial charge is 0.335 e. The van der Waals surface area contributed by atoms with E-state index in [2.05, 4.69) is 24.0 Å². The Morgan fingerprint density at radius 1 is 1.18 bits per heavy atom. The summed E-state index contributed by atoms with van der Waals surface area (Å²) in [5.41, 5.74) is 1.68. The van der Waals surface area contributed by atoms with Crippen LogP contribution in [0.1, 0.15) is 35.2 Å². The molecule has 2 aromatic rings. The summed E-state index contributed by atoms with van der Waals surface area (Å²) in [5, 5.41) is 0.450. The van der Waals surface area contributed by atoms with E-state index in [1.165, 1.54) is 5.56 Å². The van der Waals surface area contributed by atoms with Crippen LogP contribution in [-0.2, 0) is 0 Å². The lowest BCUT2D eigenvalue weighted by atomic mass is 9.93. The fourth-order valence-corrected chi connectivity index (χ4v) is 3.52. The molecule has 114 valence electrons. The number of halogens is 2. The highest BCUT2D eigenvalue weighted by molar-refractivity contribution is 6.34. The zero-order valence-corrected chi connectivity index (χ0v) is 13.7. The number of rotatable bonds is 2. The van der Waals surface area contributed by atoms with Gasteiger partial charge in [-0.15, -0.1) is 0 Å². The Balaban J connectivity index is 1.83. The first-order valence-corrected chi connectivity index (χ1v) is 8.01. The molecule has 1 aliphatic heterocycles. The molecule has 0 saturated carbocycles. The molecule has 0 spiro atoms. The first-order chi connectivity index (χ1) is 10.6. The molecule has 1 aromatic heterocycles. The van der Waals surface area contributed by atoms with E-state index < -0.39 is 0 Å². The van der Waals surface area contributed by atoms with Gasteiger partial charge in [0.2, 0.25) is 0 Å². The van der Waals surface area contributed by atoms with Crippen LogP contribution < -0.4 is 0 Å². The molecule has 3 nitrogen and oxygen atoms in total. The number of aromatic nitrogens is 1. The van der Waals surface area contributed by atoms with Gasteiger partial charge in [-0.25, -0.2) is 4.98 Å². The summed E-state index contributed by atoms with van der Waals surface area (Å²) in [6.45, 7) is 2.80. The van der Waals surface area contributed by atoms with Gasteiger partial charge in [0.15, 0.2) is 0 Å². The van der Waals surface area contributed by atoms with E-state index in [1.807, 2.05) is 23.1 Å². The second kappa shape index (κ2) is 6.27. The molecular formula is C17H16Cl2N2O. The van der Waals surface area contributed by atoms with Gasteiger partial charge < -0.3 is 4.90 Å². The van der Waals surface area contributed by atoms with Gasteiger partial charge >= 0.3 is 0 Å². The lowest BCUT2D eigenvalue weighted by Gasteiger charge is -2.25. The molecule has 0 bridgehead atoms. The summed E-state index contributed by atoms with van der Waals surface area (Å²) in [4.78, 5) is 18.5. The number of benzene rings is 1. The minimum atomic E-state index is -0.0832. The molecule has 2 heterocycles. The Hall–Kier alpha value is -1.58. The van der Waals surface area contributed by atoms with Gasteiger partial charge in [0.1, 0.15) is 10.3 Å². The summed E-state index contributed by atoms with van der Waals surface area (Å²) in [7, 11) is 0. The predicted molar refractivity (Wildman–Crippen MR) is 88.6 cm³/mol. The fraction of sp³-hybridized carbons (Fsp3) is 0.294. The van der Waals surface area contributed by atoms with Gasteiger partial charge in [0.25, 0.3) is 5.91 Å². The van der Waals surface area contributed by atoms with Crippen LogP contribution in [0.4, 0.5) is 0 Å². The summed E-state index contributed by atoms with van der Waals surface area (Å²) < 4.78 is 0. The monoisotopic (exact) mass is 334 g/mol. The highest BCUT2D eigenvalue weighted by atomic mass is 35.5. The number of likely N-dealkylation sites (tertiary alicyclic amines) is 1. The van der Waals surface area contributed by atoms with Crippen molar-refractivity contribution in [2.24, 2.45) is 0 Å². The summed E-state index contributed by atoms with van der Waals surface area (Å²) >= 11 is 11.9. The average molecular weight is 335 g/mol. The minimum Gasteiger partial charge on any atom is -0.335 e.